The Morgan fingerprint density at radius 3 is 2.61 bits per heavy atom. The summed E-state index contributed by atoms with van der Waals surface area (Å²) in [5.41, 5.74) is 15.5. The lowest BCUT2D eigenvalue weighted by molar-refractivity contribution is 1.34. The molecule has 0 aliphatic carbocycles. The molecule has 5 N–H and O–H groups in total. The Balaban J connectivity index is 2.16. The number of nitrogens with two attached hydrogens (primary N) is 2. The van der Waals surface area contributed by atoms with E-state index in [1.54, 1.807) is 6.07 Å². The van der Waals surface area contributed by atoms with Crippen LogP contribution in [-0.2, 0) is 0 Å². The molecule has 0 unspecified atom stereocenters. The van der Waals surface area contributed by atoms with Crippen LogP contribution in [0.4, 0.5) is 11.4 Å². The number of benzene rings is 2. The molecule has 0 radical (unpaired) electrons. The standard InChI is InChI=1S/C13H11BrN4/c14-8-2-4-11-12(6-8)18-13(17-11)7-1-3-9(15)10(16)5-7/h1-6H,15-16H2,(H,17,18). The number of halogens is 1. The van der Waals surface area contributed by atoms with E-state index in [1.165, 1.54) is 0 Å². The van der Waals surface area contributed by atoms with Gasteiger partial charge in [0.25, 0.3) is 0 Å². The quantitative estimate of drug-likeness (QED) is 0.604. The van der Waals surface area contributed by atoms with Crippen molar-refractivity contribution >= 4 is 38.3 Å². The minimum Gasteiger partial charge on any atom is -0.397 e. The summed E-state index contributed by atoms with van der Waals surface area (Å²) in [5, 5.41) is 0. The highest BCUT2D eigenvalue weighted by Crippen LogP contribution is 2.26. The molecule has 0 fully saturated rings. The van der Waals surface area contributed by atoms with E-state index >= 15 is 0 Å². The fraction of sp³-hybridized carbons (Fsp3) is 0. The molecule has 3 aromatic rings. The van der Waals surface area contributed by atoms with Gasteiger partial charge in [0.2, 0.25) is 0 Å². The second-order valence-electron chi connectivity index (χ2n) is 4.09. The largest absolute Gasteiger partial charge is 0.397 e. The number of aromatic amines is 1. The highest BCUT2D eigenvalue weighted by atomic mass is 79.9. The summed E-state index contributed by atoms with van der Waals surface area (Å²) >= 11 is 3.43. The number of imidazole rings is 1. The van der Waals surface area contributed by atoms with Gasteiger partial charge in [-0.1, -0.05) is 15.9 Å². The smallest absolute Gasteiger partial charge is 0.138 e. The SMILES string of the molecule is Nc1ccc(-c2nc3ccc(Br)cc3[nH]2)cc1N. The maximum Gasteiger partial charge on any atom is 0.138 e. The lowest BCUT2D eigenvalue weighted by Gasteiger charge is -2.01. The first-order valence-corrected chi connectivity index (χ1v) is 6.23. The first kappa shape index (κ1) is 11.1. The molecule has 3 rings (SSSR count). The number of nitrogen functional groups attached to an aromatic ring is 2. The van der Waals surface area contributed by atoms with Crippen LogP contribution < -0.4 is 11.5 Å². The van der Waals surface area contributed by atoms with Crippen LogP contribution in [0.3, 0.4) is 0 Å². The molecule has 0 aliphatic heterocycles. The summed E-state index contributed by atoms with van der Waals surface area (Å²) in [4.78, 5) is 7.78. The molecule has 1 aromatic heterocycles. The van der Waals surface area contributed by atoms with Crippen molar-refractivity contribution in [3.8, 4) is 11.4 Å². The molecule has 5 heteroatoms. The number of nitrogens with one attached hydrogen (secondary N) is 1. The van der Waals surface area contributed by atoms with Gasteiger partial charge in [-0.2, -0.15) is 0 Å². The van der Waals surface area contributed by atoms with Crippen molar-refractivity contribution in [3.05, 3.63) is 40.9 Å². The Hall–Kier alpha value is -2.01. The van der Waals surface area contributed by atoms with Crippen LogP contribution in [0.25, 0.3) is 22.4 Å². The molecule has 0 saturated carbocycles. The predicted octanol–water partition coefficient (Wildman–Crippen LogP) is 3.16. The summed E-state index contributed by atoms with van der Waals surface area (Å²) < 4.78 is 1.02. The van der Waals surface area contributed by atoms with E-state index in [-0.39, 0.29) is 0 Å². The van der Waals surface area contributed by atoms with E-state index in [4.69, 9.17) is 11.5 Å². The lowest BCUT2D eigenvalue weighted by atomic mass is 10.1. The number of nitrogens with zero attached hydrogens (tertiary/aromatic N) is 1. The van der Waals surface area contributed by atoms with E-state index in [2.05, 4.69) is 25.9 Å². The zero-order valence-corrected chi connectivity index (χ0v) is 11.0. The summed E-state index contributed by atoms with van der Waals surface area (Å²) in [6, 6.07) is 11.4. The molecule has 4 nitrogen and oxygen atoms in total. The normalized spacial score (nSPS) is 10.9. The number of fused-ring (bicyclic) bond motifs is 1. The Morgan fingerprint density at radius 1 is 1.00 bits per heavy atom. The van der Waals surface area contributed by atoms with Gasteiger partial charge in [-0.15, -0.1) is 0 Å². The fourth-order valence-corrected chi connectivity index (χ4v) is 2.20. The topological polar surface area (TPSA) is 80.7 Å². The van der Waals surface area contributed by atoms with Gasteiger partial charge in [-0.3, -0.25) is 0 Å². The Morgan fingerprint density at radius 2 is 1.83 bits per heavy atom. The number of aromatic nitrogens is 2. The Kier molecular flexibility index (Phi) is 2.48. The van der Waals surface area contributed by atoms with Crippen molar-refractivity contribution in [1.29, 1.82) is 0 Å². The summed E-state index contributed by atoms with van der Waals surface area (Å²) in [7, 11) is 0. The maximum absolute atomic E-state index is 5.80. The van der Waals surface area contributed by atoms with Crippen molar-refractivity contribution in [2.75, 3.05) is 11.5 Å². The van der Waals surface area contributed by atoms with Crippen molar-refractivity contribution in [3.63, 3.8) is 0 Å². The molecule has 18 heavy (non-hydrogen) atoms. The van der Waals surface area contributed by atoms with Crippen LogP contribution in [0, 0.1) is 0 Å². The van der Waals surface area contributed by atoms with E-state index in [0.717, 1.165) is 26.9 Å². The average Bonchev–Trinajstić information content (AvgIpc) is 2.75. The van der Waals surface area contributed by atoms with E-state index in [0.29, 0.717) is 11.4 Å². The third kappa shape index (κ3) is 1.82. The van der Waals surface area contributed by atoms with Gasteiger partial charge in [-0.05, 0) is 36.4 Å². The Labute approximate surface area is 112 Å². The molecule has 0 spiro atoms. The van der Waals surface area contributed by atoms with Gasteiger partial charge in [0.05, 0.1) is 22.4 Å². The van der Waals surface area contributed by atoms with Crippen LogP contribution in [-0.4, -0.2) is 9.97 Å². The van der Waals surface area contributed by atoms with Crippen molar-refractivity contribution < 1.29 is 0 Å². The molecular formula is C13H11BrN4. The van der Waals surface area contributed by atoms with Gasteiger partial charge in [-0.25, -0.2) is 4.98 Å². The molecule has 0 aliphatic rings. The summed E-state index contributed by atoms with van der Waals surface area (Å²) in [6.45, 7) is 0. The zero-order valence-electron chi connectivity index (χ0n) is 9.44. The van der Waals surface area contributed by atoms with Crippen molar-refractivity contribution in [2.45, 2.75) is 0 Å². The molecule has 0 bridgehead atoms. The molecule has 0 amide bonds. The number of hydrogen-bond acceptors (Lipinski definition) is 3. The Bertz CT molecular complexity index is 733. The summed E-state index contributed by atoms with van der Waals surface area (Å²) in [6.07, 6.45) is 0. The number of H-pyrrole nitrogens is 1. The van der Waals surface area contributed by atoms with Gasteiger partial charge in [0, 0.05) is 10.0 Å². The highest BCUT2D eigenvalue weighted by molar-refractivity contribution is 9.10. The van der Waals surface area contributed by atoms with Crippen LogP contribution in [0.1, 0.15) is 0 Å². The van der Waals surface area contributed by atoms with Gasteiger partial charge in [0.1, 0.15) is 5.82 Å². The minimum absolute atomic E-state index is 0.564. The average molecular weight is 303 g/mol. The molecule has 1 heterocycles. The first-order chi connectivity index (χ1) is 8.63. The molecule has 0 atom stereocenters. The van der Waals surface area contributed by atoms with Gasteiger partial charge < -0.3 is 16.5 Å². The van der Waals surface area contributed by atoms with Gasteiger partial charge >= 0.3 is 0 Å². The number of rotatable bonds is 1. The maximum atomic E-state index is 5.80. The van der Waals surface area contributed by atoms with Crippen molar-refractivity contribution in [2.24, 2.45) is 0 Å². The number of hydrogen-bond donors (Lipinski definition) is 3. The van der Waals surface area contributed by atoms with Crippen LogP contribution in [0.5, 0.6) is 0 Å². The third-order valence-electron chi connectivity index (χ3n) is 2.80. The lowest BCUT2D eigenvalue weighted by Crippen LogP contribution is -1.94. The highest BCUT2D eigenvalue weighted by Gasteiger charge is 2.06. The molecule has 90 valence electrons. The third-order valence-corrected chi connectivity index (χ3v) is 3.30. The van der Waals surface area contributed by atoms with E-state index < -0.39 is 0 Å². The second kappa shape index (κ2) is 4.03. The predicted molar refractivity (Wildman–Crippen MR) is 78.1 cm³/mol. The van der Waals surface area contributed by atoms with E-state index in [9.17, 15) is 0 Å². The first-order valence-electron chi connectivity index (χ1n) is 5.44. The molecular weight excluding hydrogens is 292 g/mol. The monoisotopic (exact) mass is 302 g/mol. The minimum atomic E-state index is 0.564. The van der Waals surface area contributed by atoms with Crippen LogP contribution in [0.15, 0.2) is 40.9 Å². The zero-order chi connectivity index (χ0) is 12.7. The fourth-order valence-electron chi connectivity index (χ4n) is 1.84. The van der Waals surface area contributed by atoms with Crippen molar-refractivity contribution in [1.82, 2.24) is 9.97 Å². The van der Waals surface area contributed by atoms with Gasteiger partial charge in [0.15, 0.2) is 0 Å². The second-order valence-corrected chi connectivity index (χ2v) is 5.01. The molecule has 2 aromatic carbocycles. The number of anilines is 2. The summed E-state index contributed by atoms with van der Waals surface area (Å²) in [5.74, 6) is 0.787. The molecule has 0 saturated heterocycles. The van der Waals surface area contributed by atoms with E-state index in [1.807, 2.05) is 30.3 Å². The van der Waals surface area contributed by atoms with Crippen LogP contribution in [0.2, 0.25) is 0 Å². The van der Waals surface area contributed by atoms with Crippen LogP contribution >= 0.6 is 15.9 Å².